The number of thiol groups is 1. The second-order valence-corrected chi connectivity index (χ2v) is 9.07. The molecule has 1 heterocycles. The number of hydrogen-bond acceptors (Lipinski definition) is 7. The number of fused-ring (bicyclic) bond motifs is 1. The molecule has 1 saturated carbocycles. The zero-order valence-electron chi connectivity index (χ0n) is 19.9. The number of benzene rings is 2. The largest absolute Gasteiger partial charge is 0.492 e. The fourth-order valence-electron chi connectivity index (χ4n) is 4.30. The minimum absolute atomic E-state index is 0.0514. The molecule has 2 amide bonds. The normalized spacial score (nSPS) is 17.8. The van der Waals surface area contributed by atoms with Gasteiger partial charge in [0.05, 0.1) is 17.8 Å². The highest BCUT2D eigenvalue weighted by atomic mass is 32.1. The molecule has 0 bridgehead atoms. The number of ether oxygens (including phenoxy) is 1. The van der Waals surface area contributed by atoms with Gasteiger partial charge in [-0.1, -0.05) is 37.1 Å². The van der Waals surface area contributed by atoms with Crippen LogP contribution in [0.1, 0.15) is 32.6 Å². The number of carbonyl (C=O) groups is 1. The monoisotopic (exact) mass is 480 g/mol. The molecule has 0 spiro atoms. The molecule has 180 valence electrons. The van der Waals surface area contributed by atoms with Gasteiger partial charge in [-0.3, -0.25) is 4.31 Å². The predicted molar refractivity (Wildman–Crippen MR) is 141 cm³/mol. The summed E-state index contributed by atoms with van der Waals surface area (Å²) in [6.45, 7) is 2.45. The molecule has 3 aromatic rings. The van der Waals surface area contributed by atoms with E-state index in [1.807, 2.05) is 74.4 Å². The maximum Gasteiger partial charge on any atom is 0.332 e. The first-order chi connectivity index (χ1) is 16.5. The maximum atomic E-state index is 12.8. The van der Waals surface area contributed by atoms with Crippen molar-refractivity contribution in [1.29, 1.82) is 0 Å². The Hall–Kier alpha value is -3.20. The molecule has 2 aromatic carbocycles. The molecule has 1 fully saturated rings. The number of nitrogens with zero attached hydrogens (tertiary/aromatic N) is 4. The molecular weight excluding hydrogens is 448 g/mol. The van der Waals surface area contributed by atoms with Gasteiger partial charge < -0.3 is 20.3 Å². The van der Waals surface area contributed by atoms with Crippen LogP contribution in [-0.2, 0) is 0 Å². The zero-order chi connectivity index (χ0) is 24.1. The topological polar surface area (TPSA) is 82.6 Å². The van der Waals surface area contributed by atoms with E-state index in [-0.39, 0.29) is 18.1 Å². The Kier molecular flexibility index (Phi) is 7.62. The van der Waals surface area contributed by atoms with Crippen molar-refractivity contribution >= 4 is 47.2 Å². The maximum absolute atomic E-state index is 12.8. The second kappa shape index (κ2) is 10.8. The summed E-state index contributed by atoms with van der Waals surface area (Å²) in [5, 5.41) is 7.46. The number of rotatable bonds is 7. The third-order valence-corrected chi connectivity index (χ3v) is 6.53. The number of nitrogens with one attached hydrogen (secondary N) is 2. The van der Waals surface area contributed by atoms with E-state index in [1.54, 1.807) is 0 Å². The smallest absolute Gasteiger partial charge is 0.332 e. The lowest BCUT2D eigenvalue weighted by Crippen LogP contribution is -2.40. The van der Waals surface area contributed by atoms with Gasteiger partial charge in [-0.2, -0.15) is 4.98 Å². The summed E-state index contributed by atoms with van der Waals surface area (Å²) in [5.74, 6) is 2.19. The van der Waals surface area contributed by atoms with Crippen molar-refractivity contribution in [2.75, 3.05) is 36.2 Å². The van der Waals surface area contributed by atoms with E-state index in [2.05, 4.69) is 23.4 Å². The van der Waals surface area contributed by atoms with Gasteiger partial charge in [-0.15, -0.1) is 0 Å². The Morgan fingerprint density at radius 3 is 2.50 bits per heavy atom. The van der Waals surface area contributed by atoms with E-state index in [0.29, 0.717) is 24.0 Å². The van der Waals surface area contributed by atoms with Crippen LogP contribution in [0.25, 0.3) is 10.9 Å². The molecule has 0 unspecified atom stereocenters. The highest BCUT2D eigenvalue weighted by molar-refractivity contribution is 7.78. The Bertz CT molecular complexity index is 1130. The average molecular weight is 481 g/mol. The van der Waals surface area contributed by atoms with Crippen molar-refractivity contribution in [3.05, 3.63) is 48.5 Å². The lowest BCUT2D eigenvalue weighted by molar-refractivity contribution is 0.216. The van der Waals surface area contributed by atoms with Crippen LogP contribution in [-0.4, -0.2) is 53.1 Å². The molecule has 1 aliphatic rings. The molecule has 0 radical (unpaired) electrons. The predicted octanol–water partition coefficient (Wildman–Crippen LogP) is 5.20. The van der Waals surface area contributed by atoms with Gasteiger partial charge in [-0.05, 0) is 56.9 Å². The summed E-state index contributed by atoms with van der Waals surface area (Å²) in [5.41, 5.74) is 1.57. The second-order valence-electron chi connectivity index (χ2n) is 8.64. The van der Waals surface area contributed by atoms with E-state index < -0.39 is 0 Å². The Morgan fingerprint density at radius 1 is 1.06 bits per heavy atom. The number of urea groups is 1. The first kappa shape index (κ1) is 23.9. The molecule has 8 nitrogen and oxygen atoms in total. The fourth-order valence-corrected chi connectivity index (χ4v) is 4.58. The van der Waals surface area contributed by atoms with Crippen molar-refractivity contribution in [1.82, 2.24) is 14.3 Å². The molecule has 0 saturated heterocycles. The Morgan fingerprint density at radius 2 is 1.76 bits per heavy atom. The zero-order valence-corrected chi connectivity index (χ0v) is 20.8. The van der Waals surface area contributed by atoms with Crippen LogP contribution in [0.5, 0.6) is 5.75 Å². The SMILES string of the molecule is CCOc1ccccc1NC(=O)N(S)C1CCC(Nc2nc(N(C)C)c3ccccc3n2)CC1. The van der Waals surface area contributed by atoms with Gasteiger partial charge >= 0.3 is 6.03 Å². The number of para-hydroxylation sites is 3. The van der Waals surface area contributed by atoms with Gasteiger partial charge in [0.2, 0.25) is 5.95 Å². The van der Waals surface area contributed by atoms with Gasteiger partial charge in [0, 0.05) is 31.6 Å². The molecule has 1 aliphatic carbocycles. The van der Waals surface area contributed by atoms with Crippen LogP contribution in [0.2, 0.25) is 0 Å². The van der Waals surface area contributed by atoms with Crippen LogP contribution in [0.3, 0.4) is 0 Å². The van der Waals surface area contributed by atoms with Crippen molar-refractivity contribution in [3.63, 3.8) is 0 Å². The van der Waals surface area contributed by atoms with Crippen LogP contribution in [0, 0.1) is 0 Å². The van der Waals surface area contributed by atoms with E-state index >= 15 is 0 Å². The molecule has 2 N–H and O–H groups in total. The van der Waals surface area contributed by atoms with Gasteiger partial charge in [0.1, 0.15) is 11.6 Å². The average Bonchev–Trinajstić information content (AvgIpc) is 2.85. The Balaban J connectivity index is 1.36. The van der Waals surface area contributed by atoms with Crippen molar-refractivity contribution in [2.45, 2.75) is 44.7 Å². The van der Waals surface area contributed by atoms with Crippen LogP contribution in [0.15, 0.2) is 48.5 Å². The Labute approximate surface area is 206 Å². The van der Waals surface area contributed by atoms with Crippen LogP contribution >= 0.6 is 12.8 Å². The molecule has 0 atom stereocenters. The summed E-state index contributed by atoms with van der Waals surface area (Å²) >= 11 is 4.52. The molecule has 1 aromatic heterocycles. The van der Waals surface area contributed by atoms with Crippen LogP contribution in [0.4, 0.5) is 22.2 Å². The quantitative estimate of drug-likeness (QED) is 0.404. The lowest BCUT2D eigenvalue weighted by atomic mass is 9.91. The van der Waals surface area contributed by atoms with Gasteiger partial charge in [0.15, 0.2) is 0 Å². The highest BCUT2D eigenvalue weighted by Crippen LogP contribution is 2.30. The highest BCUT2D eigenvalue weighted by Gasteiger charge is 2.28. The summed E-state index contributed by atoms with van der Waals surface area (Å²) in [6.07, 6.45) is 3.49. The minimum Gasteiger partial charge on any atom is -0.492 e. The van der Waals surface area contributed by atoms with Crippen molar-refractivity contribution in [3.8, 4) is 5.75 Å². The van der Waals surface area contributed by atoms with E-state index in [0.717, 1.165) is 42.4 Å². The van der Waals surface area contributed by atoms with E-state index in [9.17, 15) is 4.79 Å². The molecule has 4 rings (SSSR count). The molecule has 0 aliphatic heterocycles. The summed E-state index contributed by atoms with van der Waals surface area (Å²) in [4.78, 5) is 24.3. The minimum atomic E-state index is -0.250. The summed E-state index contributed by atoms with van der Waals surface area (Å²) in [7, 11) is 3.98. The molecule has 34 heavy (non-hydrogen) atoms. The number of aromatic nitrogens is 2. The third-order valence-electron chi connectivity index (χ3n) is 6.02. The first-order valence-corrected chi connectivity index (χ1v) is 12.1. The standard InChI is InChI=1S/C25H32N6O2S/c1-4-33-22-12-8-7-11-21(22)28-25(32)31(34)18-15-13-17(14-16-18)26-24-27-20-10-6-5-9-19(20)23(29-24)30(2)3/h5-12,17-18,34H,4,13-16H2,1-3H3,(H,28,32)(H,26,27,29). The van der Waals surface area contributed by atoms with Crippen molar-refractivity contribution < 1.29 is 9.53 Å². The first-order valence-electron chi connectivity index (χ1n) is 11.7. The fraction of sp³-hybridized carbons (Fsp3) is 0.400. The third kappa shape index (κ3) is 5.47. The van der Waals surface area contributed by atoms with E-state index in [1.165, 1.54) is 4.31 Å². The number of amides is 2. The lowest BCUT2D eigenvalue weighted by Gasteiger charge is -2.34. The number of anilines is 3. The number of hydrogen-bond donors (Lipinski definition) is 3. The van der Waals surface area contributed by atoms with Gasteiger partial charge in [0.25, 0.3) is 0 Å². The summed E-state index contributed by atoms with van der Waals surface area (Å²) in [6, 6.07) is 15.5. The van der Waals surface area contributed by atoms with Gasteiger partial charge in [-0.25, -0.2) is 9.78 Å². The number of carbonyl (C=O) groups excluding carboxylic acids is 1. The van der Waals surface area contributed by atoms with E-state index in [4.69, 9.17) is 14.7 Å². The summed E-state index contributed by atoms with van der Waals surface area (Å²) < 4.78 is 7.11. The molecular formula is C25H32N6O2S. The van der Waals surface area contributed by atoms with Crippen molar-refractivity contribution in [2.24, 2.45) is 0 Å². The van der Waals surface area contributed by atoms with Crippen LogP contribution < -0.4 is 20.3 Å². The molecule has 9 heteroatoms.